The summed E-state index contributed by atoms with van der Waals surface area (Å²) in [4.78, 5) is 18.5. The third kappa shape index (κ3) is 3.83. The highest BCUT2D eigenvalue weighted by Gasteiger charge is 2.18. The van der Waals surface area contributed by atoms with E-state index in [2.05, 4.69) is 27.5 Å². The Kier molecular flexibility index (Phi) is 5.29. The summed E-state index contributed by atoms with van der Waals surface area (Å²) in [5, 5.41) is 16.9. The Morgan fingerprint density at radius 2 is 2.22 bits per heavy atom. The smallest absolute Gasteiger partial charge is 0.329 e. The molecule has 7 heteroatoms. The molecule has 1 atom stereocenters. The number of aromatic nitrogens is 2. The Morgan fingerprint density at radius 3 is 2.78 bits per heavy atom. The van der Waals surface area contributed by atoms with Crippen LogP contribution in [0.5, 0.6) is 0 Å². The second-order valence-electron chi connectivity index (χ2n) is 4.05. The SMILES string of the molecule is CCCC(C)Nc1nc(NCC)ncc1[N+](=O)[O-]. The van der Waals surface area contributed by atoms with Crippen LogP contribution in [0.4, 0.5) is 17.5 Å². The second kappa shape index (κ2) is 6.73. The lowest BCUT2D eigenvalue weighted by Gasteiger charge is -2.13. The van der Waals surface area contributed by atoms with Gasteiger partial charge in [-0.05, 0) is 20.3 Å². The first-order valence-corrected chi connectivity index (χ1v) is 6.10. The van der Waals surface area contributed by atoms with Gasteiger partial charge in [-0.2, -0.15) is 4.98 Å². The Bertz CT molecular complexity index is 410. The van der Waals surface area contributed by atoms with Crippen molar-refractivity contribution in [3.63, 3.8) is 0 Å². The van der Waals surface area contributed by atoms with Crippen molar-refractivity contribution in [3.05, 3.63) is 16.3 Å². The predicted molar refractivity (Wildman–Crippen MR) is 70.8 cm³/mol. The normalized spacial score (nSPS) is 11.9. The molecule has 2 N–H and O–H groups in total. The largest absolute Gasteiger partial charge is 0.362 e. The molecule has 1 heterocycles. The minimum Gasteiger partial charge on any atom is -0.362 e. The van der Waals surface area contributed by atoms with E-state index in [-0.39, 0.29) is 17.5 Å². The summed E-state index contributed by atoms with van der Waals surface area (Å²) in [6.45, 7) is 6.62. The summed E-state index contributed by atoms with van der Waals surface area (Å²) in [5.41, 5.74) is -0.0976. The van der Waals surface area contributed by atoms with Crippen molar-refractivity contribution in [1.29, 1.82) is 0 Å². The molecule has 100 valence electrons. The van der Waals surface area contributed by atoms with Crippen LogP contribution in [-0.4, -0.2) is 27.5 Å². The first-order chi connectivity index (χ1) is 8.58. The lowest BCUT2D eigenvalue weighted by Crippen LogP contribution is -2.17. The van der Waals surface area contributed by atoms with Crippen molar-refractivity contribution in [2.75, 3.05) is 17.2 Å². The van der Waals surface area contributed by atoms with Crippen molar-refractivity contribution >= 4 is 17.5 Å². The molecule has 0 spiro atoms. The van der Waals surface area contributed by atoms with Gasteiger partial charge in [0.05, 0.1) is 4.92 Å². The van der Waals surface area contributed by atoms with Gasteiger partial charge in [-0.3, -0.25) is 10.1 Å². The number of nitrogens with one attached hydrogen (secondary N) is 2. The molecule has 7 nitrogen and oxygen atoms in total. The Labute approximate surface area is 106 Å². The first-order valence-electron chi connectivity index (χ1n) is 6.10. The molecule has 0 bridgehead atoms. The van der Waals surface area contributed by atoms with E-state index >= 15 is 0 Å². The maximum Gasteiger partial charge on any atom is 0.329 e. The molecule has 0 aliphatic heterocycles. The highest BCUT2D eigenvalue weighted by atomic mass is 16.6. The van der Waals surface area contributed by atoms with Gasteiger partial charge >= 0.3 is 5.69 Å². The summed E-state index contributed by atoms with van der Waals surface area (Å²) >= 11 is 0. The summed E-state index contributed by atoms with van der Waals surface area (Å²) in [7, 11) is 0. The summed E-state index contributed by atoms with van der Waals surface area (Å²) in [5.74, 6) is 0.668. The fraction of sp³-hybridized carbons (Fsp3) is 0.636. The van der Waals surface area contributed by atoms with Gasteiger partial charge in [0.1, 0.15) is 6.20 Å². The van der Waals surface area contributed by atoms with Crippen LogP contribution in [0.15, 0.2) is 6.20 Å². The number of anilines is 2. The van der Waals surface area contributed by atoms with Crippen LogP contribution >= 0.6 is 0 Å². The zero-order valence-electron chi connectivity index (χ0n) is 10.9. The topological polar surface area (TPSA) is 93.0 Å². The highest BCUT2D eigenvalue weighted by Crippen LogP contribution is 2.23. The van der Waals surface area contributed by atoms with Crippen LogP contribution in [0, 0.1) is 10.1 Å². The van der Waals surface area contributed by atoms with Crippen LogP contribution in [0.25, 0.3) is 0 Å². The van der Waals surface area contributed by atoms with E-state index in [4.69, 9.17) is 0 Å². The van der Waals surface area contributed by atoms with Gasteiger partial charge in [-0.1, -0.05) is 13.3 Å². The minimum absolute atomic E-state index is 0.0976. The molecule has 0 aliphatic rings. The molecule has 0 aromatic carbocycles. The van der Waals surface area contributed by atoms with Crippen molar-refractivity contribution in [2.24, 2.45) is 0 Å². The molecular weight excluding hydrogens is 234 g/mol. The molecule has 0 radical (unpaired) electrons. The first kappa shape index (κ1) is 14.1. The standard InChI is InChI=1S/C11H19N5O2/c1-4-6-8(3)14-10-9(16(17)18)7-13-11(15-10)12-5-2/h7-8H,4-6H2,1-3H3,(H2,12,13,14,15). The number of rotatable bonds is 7. The molecule has 1 rings (SSSR count). The fourth-order valence-electron chi connectivity index (χ4n) is 1.60. The average Bonchev–Trinajstić information content (AvgIpc) is 2.29. The van der Waals surface area contributed by atoms with E-state index in [1.807, 2.05) is 13.8 Å². The van der Waals surface area contributed by atoms with Gasteiger partial charge in [0.25, 0.3) is 0 Å². The molecule has 1 unspecified atom stereocenters. The van der Waals surface area contributed by atoms with Crippen molar-refractivity contribution in [1.82, 2.24) is 9.97 Å². The average molecular weight is 253 g/mol. The van der Waals surface area contributed by atoms with Gasteiger partial charge < -0.3 is 10.6 Å². The number of nitrogens with zero attached hydrogens (tertiary/aromatic N) is 3. The van der Waals surface area contributed by atoms with Gasteiger partial charge in [0.15, 0.2) is 0 Å². The molecule has 18 heavy (non-hydrogen) atoms. The van der Waals surface area contributed by atoms with Crippen molar-refractivity contribution in [3.8, 4) is 0 Å². The lowest BCUT2D eigenvalue weighted by molar-refractivity contribution is -0.384. The van der Waals surface area contributed by atoms with Crippen LogP contribution < -0.4 is 10.6 Å². The maximum absolute atomic E-state index is 10.9. The van der Waals surface area contributed by atoms with Gasteiger partial charge in [-0.15, -0.1) is 0 Å². The van der Waals surface area contributed by atoms with Gasteiger partial charge in [-0.25, -0.2) is 4.98 Å². The van der Waals surface area contributed by atoms with Crippen LogP contribution in [0.1, 0.15) is 33.6 Å². The Morgan fingerprint density at radius 1 is 1.50 bits per heavy atom. The Hall–Kier alpha value is -1.92. The number of hydrogen-bond donors (Lipinski definition) is 2. The number of hydrogen-bond acceptors (Lipinski definition) is 6. The monoisotopic (exact) mass is 253 g/mol. The molecule has 1 aromatic rings. The second-order valence-corrected chi connectivity index (χ2v) is 4.05. The number of nitro groups is 1. The van der Waals surface area contributed by atoms with Crippen molar-refractivity contribution in [2.45, 2.75) is 39.7 Å². The zero-order chi connectivity index (χ0) is 13.5. The molecular formula is C11H19N5O2. The Balaban J connectivity index is 2.95. The molecule has 1 aromatic heterocycles. The van der Waals surface area contributed by atoms with Crippen LogP contribution in [0.2, 0.25) is 0 Å². The lowest BCUT2D eigenvalue weighted by atomic mass is 10.2. The quantitative estimate of drug-likeness (QED) is 0.572. The minimum atomic E-state index is -0.475. The molecule has 0 saturated heterocycles. The van der Waals surface area contributed by atoms with Crippen molar-refractivity contribution < 1.29 is 4.92 Å². The summed E-state index contributed by atoms with van der Waals surface area (Å²) < 4.78 is 0. The molecule has 0 aliphatic carbocycles. The van der Waals surface area contributed by atoms with E-state index in [9.17, 15) is 10.1 Å². The van der Waals surface area contributed by atoms with E-state index in [0.29, 0.717) is 12.5 Å². The molecule has 0 amide bonds. The maximum atomic E-state index is 10.9. The van der Waals surface area contributed by atoms with Gasteiger partial charge in [0.2, 0.25) is 11.8 Å². The van der Waals surface area contributed by atoms with Crippen LogP contribution in [-0.2, 0) is 0 Å². The van der Waals surface area contributed by atoms with E-state index in [1.165, 1.54) is 6.20 Å². The molecule has 0 saturated carbocycles. The third-order valence-electron chi connectivity index (χ3n) is 2.41. The van der Waals surface area contributed by atoms with Gasteiger partial charge in [0, 0.05) is 12.6 Å². The third-order valence-corrected chi connectivity index (χ3v) is 2.41. The highest BCUT2D eigenvalue weighted by molar-refractivity contribution is 5.57. The summed E-state index contributed by atoms with van der Waals surface area (Å²) in [6, 6.07) is 0.137. The predicted octanol–water partition coefficient (Wildman–Crippen LogP) is 2.42. The van der Waals surface area contributed by atoms with Crippen LogP contribution in [0.3, 0.4) is 0 Å². The van der Waals surface area contributed by atoms with E-state index in [0.717, 1.165) is 12.8 Å². The summed E-state index contributed by atoms with van der Waals surface area (Å²) in [6.07, 6.45) is 3.16. The zero-order valence-corrected chi connectivity index (χ0v) is 10.9. The van der Waals surface area contributed by atoms with E-state index < -0.39 is 4.92 Å². The van der Waals surface area contributed by atoms with E-state index in [1.54, 1.807) is 0 Å². The molecule has 0 fully saturated rings. The fourth-order valence-corrected chi connectivity index (χ4v) is 1.60.